The highest BCUT2D eigenvalue weighted by Gasteiger charge is 2.24. The number of anilines is 6. The first-order valence-corrected chi connectivity index (χ1v) is 37.0. The molecule has 124 heavy (non-hydrogen) atoms. The summed E-state index contributed by atoms with van der Waals surface area (Å²) in [7, 11) is 0. The van der Waals surface area contributed by atoms with E-state index < -0.39 is 562 Å². The molecule has 22 rings (SSSR count). The molecule has 4 nitrogen and oxygen atoms in total. The van der Waals surface area contributed by atoms with Crippen molar-refractivity contribution >= 4 is 77.7 Å². The van der Waals surface area contributed by atoms with Crippen molar-refractivity contribution in [3.8, 4) is 123 Å². The second-order valence-electron chi connectivity index (χ2n) is 26.3. The lowest BCUT2D eigenvalue weighted by atomic mass is 9.96. The first-order valence-electron chi connectivity index (χ1n) is 71.0. The minimum absolute atomic E-state index is 0.128. The van der Waals surface area contributed by atoms with Gasteiger partial charge in [-0.25, -0.2) is 0 Å². The van der Waals surface area contributed by atoms with Crippen LogP contribution in [0.25, 0.3) is 166 Å². The highest BCUT2D eigenvalue weighted by molar-refractivity contribution is 6.12. The molecule has 0 unspecified atom stereocenters. The van der Waals surface area contributed by atoms with Gasteiger partial charge in [-0.3, -0.25) is 0 Å². The lowest BCUT2D eigenvalue weighted by Crippen LogP contribution is -2.11. The Morgan fingerprint density at radius 2 is 0.484 bits per heavy atom. The van der Waals surface area contributed by atoms with E-state index in [0.717, 1.165) is 27.7 Å². The van der Waals surface area contributed by atoms with Gasteiger partial charge >= 0.3 is 0 Å². The number of hydrogen-bond acceptors (Lipinski definition) is 2. The Kier molecular flexibility index (Phi) is 8.71. The fraction of sp³-hybridized carbons (Fsp3) is 0. The largest absolute Gasteiger partial charge is 0.310 e. The van der Waals surface area contributed by atoms with E-state index >= 15 is 0 Å². The summed E-state index contributed by atoms with van der Waals surface area (Å²) < 4.78 is 622. The summed E-state index contributed by atoms with van der Waals surface area (Å²) in [6.45, 7) is 0. The summed E-state index contributed by atoms with van der Waals surface area (Å²) in [6, 6.07) is -47.0. The average Bonchev–Trinajstić information content (AvgIpc) is 1.44. The zero-order valence-electron chi connectivity index (χ0n) is 131. The zero-order valence-corrected chi connectivity index (χ0v) is 63.0. The quantitative estimate of drug-likeness (QED) is 0.0851. The van der Waals surface area contributed by atoms with Gasteiger partial charge in [0.25, 0.3) is 0 Å². The van der Waals surface area contributed by atoms with Crippen molar-refractivity contribution in [3.05, 3.63) is 508 Å². The van der Waals surface area contributed by atoms with Crippen molar-refractivity contribution in [2.75, 3.05) is 9.80 Å². The van der Waals surface area contributed by atoms with Crippen LogP contribution in [-0.2, 0) is 0 Å². The molecule has 20 aromatic carbocycles. The van der Waals surface area contributed by atoms with Gasteiger partial charge in [-0.2, -0.15) is 0 Å². The maximum absolute atomic E-state index is 10.00. The van der Waals surface area contributed by atoms with Crippen LogP contribution < -0.4 is 9.80 Å². The summed E-state index contributed by atoms with van der Waals surface area (Å²) in [5.41, 5.74) is -22.3. The van der Waals surface area contributed by atoms with Gasteiger partial charge in [0.1, 0.15) is 0 Å². The van der Waals surface area contributed by atoms with Crippen LogP contribution in [0.1, 0.15) is 93.2 Å². The van der Waals surface area contributed by atoms with Gasteiger partial charge in [0.05, 0.1) is 127 Å². The topological polar surface area (TPSA) is 16.3 Å². The molecule has 0 atom stereocenters. The Morgan fingerprint density at radius 3 is 0.944 bits per heavy atom. The SMILES string of the molecule is [2H]c1c([2H])c([2H])c(-c2c([2H])c([2H])c(N(c3c([2H])c([2H])c(-c4c([2H])c([2H])c5c(c4[2H])c4c([2H])c([2H])c([2H])c([2H])c4n5-c4c([2H])c([2H])c(-c5c([2H])c([2H])c([2H])c([2H])c5[2H])c([2H])c4[2H])c([2H])c3[2H])c3c([2H])c([2H])c(-c4c([2H])c([2H])c([2H])c([2H])c4[2H])c([2H])c3-c3c([2H])c([2H])c([2H])c([2H])c3[2H])c([2H])c2[2H])c([2H])c1[2H].[2H]c1c([2H])c([2H])c(-c2c([2H])c([2H])c(N(c3c([2H])c([2H])c(-c4ccc5c(c4)c4ccccc4n5-c4ccc(-c5ccccc5)cc4)c([2H])c3[2H])c3c([2H])c([2H])c(-c4c([2H])c([2H])c([2H])c([2H])c4[2H])c([2H])c3-c3c([2H])c([2H])c([2H])c([2H])c3[2H])c([2H])c2[2H])c([2H])c1[2H]. The van der Waals surface area contributed by atoms with Crippen LogP contribution in [0.15, 0.2) is 508 Å². The molecule has 0 aliphatic rings. The van der Waals surface area contributed by atoms with Crippen molar-refractivity contribution in [1.82, 2.24) is 9.13 Å². The third-order valence-electron chi connectivity index (χ3n) is 19.1. The number of fused-ring (bicyclic) bond motifs is 6. The normalized spacial score (nSPS) is 18.9. The van der Waals surface area contributed by atoms with Crippen molar-refractivity contribution in [1.29, 1.82) is 0 Å². The summed E-state index contributed by atoms with van der Waals surface area (Å²) in [5.74, 6) is 0. The highest BCUT2D eigenvalue weighted by Crippen LogP contribution is 2.48. The lowest BCUT2D eigenvalue weighted by molar-refractivity contribution is 1.18. The van der Waals surface area contributed by atoms with E-state index in [1.807, 2.05) is 83.4 Å². The molecule has 0 fully saturated rings. The van der Waals surface area contributed by atoms with Gasteiger partial charge in [-0.05, 0) is 233 Å². The number of rotatable bonds is 18. The minimum atomic E-state index is -1.54. The molecule has 2 heterocycles. The third kappa shape index (κ3) is 15.0. The fourth-order valence-electron chi connectivity index (χ4n) is 13.5. The molecule has 2 aromatic heterocycles. The second-order valence-corrected chi connectivity index (χ2v) is 26.3. The molecule has 0 radical (unpaired) electrons. The molecule has 0 aliphatic carbocycles. The summed E-state index contributed by atoms with van der Waals surface area (Å²) in [4.78, 5) is 0.571. The number of hydrogen-bond donors (Lipinski definition) is 0. The van der Waals surface area contributed by atoms with Gasteiger partial charge in [0, 0.05) is 66.8 Å². The molecule has 584 valence electrons. The molecule has 0 bridgehead atoms. The van der Waals surface area contributed by atoms with E-state index in [2.05, 4.69) is 0 Å². The predicted molar refractivity (Wildman–Crippen MR) is 525 cm³/mol. The first-order chi connectivity index (χ1) is 89.8. The van der Waals surface area contributed by atoms with Gasteiger partial charge in [-0.1, -0.05) is 375 Å². The van der Waals surface area contributed by atoms with Crippen molar-refractivity contribution in [2.45, 2.75) is 0 Å². The Bertz CT molecular complexity index is 11700. The van der Waals surface area contributed by atoms with Crippen LogP contribution in [0, 0.1) is 0 Å². The second kappa shape index (κ2) is 33.8. The molecular formula is C120H84N4. The van der Waals surface area contributed by atoms with Crippen molar-refractivity contribution < 1.29 is 93.2 Å². The van der Waals surface area contributed by atoms with E-state index in [1.165, 1.54) is 0 Å². The lowest BCUT2D eigenvalue weighted by Gasteiger charge is -2.29. The maximum Gasteiger partial charge on any atom is 0.0645 e. The molecular weight excluding hydrogens is 1500 g/mol. The van der Waals surface area contributed by atoms with E-state index in [0.29, 0.717) is 20.4 Å². The maximum atomic E-state index is 10.00. The summed E-state index contributed by atoms with van der Waals surface area (Å²) in [5, 5.41) is -0.281. The molecule has 0 spiro atoms. The summed E-state index contributed by atoms with van der Waals surface area (Å²) in [6.07, 6.45) is 0. The monoisotopic (exact) mass is 1650 g/mol. The molecule has 4 heteroatoms. The van der Waals surface area contributed by atoms with Gasteiger partial charge < -0.3 is 18.9 Å². The van der Waals surface area contributed by atoms with Crippen LogP contribution in [0.5, 0.6) is 0 Å². The Hall–Kier alpha value is -16.4. The van der Waals surface area contributed by atoms with Gasteiger partial charge in [-0.15, -0.1) is 0 Å². The highest BCUT2D eigenvalue weighted by atomic mass is 15.2. The van der Waals surface area contributed by atoms with E-state index in [4.69, 9.17) is 45.2 Å². The number of benzene rings is 20. The number of para-hydroxylation sites is 2. The molecule has 0 saturated heterocycles. The Labute approximate surface area is 819 Å². The van der Waals surface area contributed by atoms with E-state index in [9.17, 15) is 48.0 Å². The third-order valence-corrected chi connectivity index (χ3v) is 19.1. The smallest absolute Gasteiger partial charge is 0.0645 e. The van der Waals surface area contributed by atoms with Gasteiger partial charge in [0.15, 0.2) is 0 Å². The Morgan fingerprint density at radius 1 is 0.169 bits per heavy atom. The molecule has 0 amide bonds. The van der Waals surface area contributed by atoms with Crippen molar-refractivity contribution in [3.63, 3.8) is 0 Å². The van der Waals surface area contributed by atoms with Crippen LogP contribution in [-0.4, -0.2) is 9.13 Å². The van der Waals surface area contributed by atoms with Crippen molar-refractivity contribution in [2.24, 2.45) is 0 Å². The van der Waals surface area contributed by atoms with E-state index in [-0.39, 0.29) is 16.0 Å². The number of aromatic nitrogens is 2. The first kappa shape index (κ1) is 32.0. The van der Waals surface area contributed by atoms with Crippen LogP contribution in [0.2, 0.25) is 0 Å². The predicted octanol–water partition coefficient (Wildman–Crippen LogP) is 33.2. The zero-order chi connectivity index (χ0) is 142. The molecule has 0 aliphatic heterocycles. The summed E-state index contributed by atoms with van der Waals surface area (Å²) >= 11 is 0. The standard InChI is InChI=1S/2C60H42N2/c2*1-5-15-43(16-6-1)46-25-33-52(34-26-46)61(59-39-31-50(45-19-9-3-10-20-45)41-56(59)49-21-11-4-12-22-49)53-35-29-48(30-36-53)51-32-40-60-57(42-51)55-23-13-14-24-58(55)62(60)54-37-27-47(28-38-54)44-17-7-2-8-18-44/h2*1-42H/i1D,2D,3D,4D,5D,6D,7D,8D,9D,10D,11D,12D,13D,14D,15D,16D,17D,18D,19D,20D,21D,22D,23D,24D,25D,26D,27D,28D,29D,30D,31D,32D,33D,34D,35D,36D,37D,38D,39D,40D,41D,42D;1D,3D,4D,5D,6D,9D,10D,11D,12D,15D,16D,19D,20D,21D,22D,25D,26D,29D,30D,31D,33D,34D,35D,36D,39D,41D. The number of nitrogens with zero attached hydrogens (tertiary/aromatic N) is 4. The fourth-order valence-corrected chi connectivity index (χ4v) is 13.5. The van der Waals surface area contributed by atoms with Crippen LogP contribution in [0.3, 0.4) is 0 Å². The molecule has 0 saturated carbocycles. The molecule has 0 N–H and O–H groups in total. The van der Waals surface area contributed by atoms with Gasteiger partial charge in [0.2, 0.25) is 0 Å². The van der Waals surface area contributed by atoms with Crippen LogP contribution >= 0.6 is 0 Å². The van der Waals surface area contributed by atoms with E-state index in [1.54, 1.807) is 18.2 Å². The van der Waals surface area contributed by atoms with Crippen LogP contribution in [0.4, 0.5) is 34.1 Å². The minimum Gasteiger partial charge on any atom is -0.310 e. The Balaban J connectivity index is 0.000000216. The molecule has 22 aromatic rings. The average molecular weight is 1650 g/mol.